The number of fused-ring (bicyclic) bond motifs is 1. The van der Waals surface area contributed by atoms with Crippen molar-refractivity contribution in [2.75, 3.05) is 11.9 Å². The van der Waals surface area contributed by atoms with E-state index in [1.54, 1.807) is 23.9 Å². The van der Waals surface area contributed by atoms with Gasteiger partial charge in [0.05, 0.1) is 22.6 Å². The summed E-state index contributed by atoms with van der Waals surface area (Å²) in [6.07, 6.45) is 5.09. The molecule has 0 saturated carbocycles. The van der Waals surface area contributed by atoms with Crippen LogP contribution in [0.3, 0.4) is 0 Å². The Morgan fingerprint density at radius 2 is 2.20 bits per heavy atom. The number of anilines is 1. The smallest absolute Gasteiger partial charge is 0.228 e. The highest BCUT2D eigenvalue weighted by atomic mass is 35.5. The lowest BCUT2D eigenvalue weighted by molar-refractivity contribution is -0.115. The van der Waals surface area contributed by atoms with Gasteiger partial charge in [0.15, 0.2) is 6.61 Å². The number of hydrogen-bond acceptors (Lipinski definition) is 3. The van der Waals surface area contributed by atoms with Crippen molar-refractivity contribution in [3.63, 3.8) is 0 Å². The van der Waals surface area contributed by atoms with E-state index in [0.717, 1.165) is 16.5 Å². The molecule has 0 atom stereocenters. The molecule has 0 radical (unpaired) electrons. The monoisotopic (exact) mass is 353 g/mol. The van der Waals surface area contributed by atoms with Crippen LogP contribution < -0.4 is 10.2 Å². The van der Waals surface area contributed by atoms with Gasteiger partial charge >= 0.3 is 0 Å². The molecule has 0 aliphatic carbocycles. The van der Waals surface area contributed by atoms with Crippen molar-refractivity contribution < 1.29 is 9.63 Å². The Labute approximate surface area is 150 Å². The first kappa shape index (κ1) is 16.9. The zero-order valence-corrected chi connectivity index (χ0v) is 14.4. The molecule has 25 heavy (non-hydrogen) atoms. The van der Waals surface area contributed by atoms with Crippen LogP contribution >= 0.6 is 11.6 Å². The summed E-state index contributed by atoms with van der Waals surface area (Å²) in [5.74, 6) is 5.48. The first-order valence-electron chi connectivity index (χ1n) is 7.70. The van der Waals surface area contributed by atoms with Crippen molar-refractivity contribution in [3.05, 3.63) is 59.5 Å². The number of carbonyl (C=O) groups is 1. The molecule has 126 valence electrons. The van der Waals surface area contributed by atoms with Crippen molar-refractivity contribution in [2.45, 2.75) is 13.3 Å². The molecule has 0 aliphatic rings. The van der Waals surface area contributed by atoms with E-state index in [0.29, 0.717) is 10.7 Å². The largest absolute Gasteiger partial charge is 0.401 e. The Morgan fingerprint density at radius 1 is 1.36 bits per heavy atom. The summed E-state index contributed by atoms with van der Waals surface area (Å²) in [6.45, 7) is 2.05. The lowest BCUT2D eigenvalue weighted by Gasteiger charge is -2.06. The van der Waals surface area contributed by atoms with Gasteiger partial charge in [0.25, 0.3) is 0 Å². The van der Waals surface area contributed by atoms with Gasteiger partial charge in [-0.25, -0.2) is 0 Å². The van der Waals surface area contributed by atoms with Crippen LogP contribution in [0.4, 0.5) is 5.69 Å². The fraction of sp³-hybridized carbons (Fsp3) is 0.158. The van der Waals surface area contributed by atoms with Gasteiger partial charge in [0.2, 0.25) is 5.91 Å². The topological polar surface area (TPSA) is 56.1 Å². The molecule has 3 aromatic rings. The van der Waals surface area contributed by atoms with Crippen LogP contribution in [0.2, 0.25) is 5.02 Å². The normalized spacial score (nSPS) is 10.2. The Morgan fingerprint density at radius 3 is 3.00 bits per heavy atom. The number of hydrogen-bond donors (Lipinski definition) is 1. The van der Waals surface area contributed by atoms with E-state index in [9.17, 15) is 4.79 Å². The minimum absolute atomic E-state index is 0.163. The second-order valence-corrected chi connectivity index (χ2v) is 5.69. The molecule has 0 fully saturated rings. The highest BCUT2D eigenvalue weighted by molar-refractivity contribution is 6.33. The second kappa shape index (κ2) is 7.73. The fourth-order valence-electron chi connectivity index (χ4n) is 2.48. The third kappa shape index (κ3) is 3.93. The predicted molar refractivity (Wildman–Crippen MR) is 98.4 cm³/mol. The number of rotatable bonds is 5. The minimum atomic E-state index is -0.163. The molecule has 2 heterocycles. The predicted octanol–water partition coefficient (Wildman–Crippen LogP) is 3.32. The minimum Gasteiger partial charge on any atom is -0.401 e. The molecule has 0 bridgehead atoms. The molecule has 1 amide bonds. The number of para-hydroxylation sites is 1. The first-order valence-corrected chi connectivity index (χ1v) is 8.08. The molecule has 5 nitrogen and oxygen atoms in total. The van der Waals surface area contributed by atoms with Crippen LogP contribution in [0.25, 0.3) is 10.9 Å². The van der Waals surface area contributed by atoms with E-state index in [1.807, 2.05) is 30.5 Å². The van der Waals surface area contributed by atoms with E-state index in [4.69, 9.17) is 16.4 Å². The molecule has 0 aliphatic heterocycles. The maximum Gasteiger partial charge on any atom is 0.228 e. The van der Waals surface area contributed by atoms with Gasteiger partial charge in [-0.05, 0) is 24.6 Å². The van der Waals surface area contributed by atoms with Crippen LogP contribution in [-0.4, -0.2) is 22.2 Å². The fourth-order valence-corrected chi connectivity index (χ4v) is 2.65. The number of nitrogens with one attached hydrogen (secondary N) is 1. The van der Waals surface area contributed by atoms with Gasteiger partial charge in [-0.1, -0.05) is 35.7 Å². The number of carbonyl (C=O) groups excluding carboxylic acids is 1. The molecule has 1 N–H and O–H groups in total. The lowest BCUT2D eigenvalue weighted by atomic mass is 10.1. The van der Waals surface area contributed by atoms with E-state index >= 15 is 0 Å². The van der Waals surface area contributed by atoms with Gasteiger partial charge in [0, 0.05) is 24.0 Å². The molecule has 6 heteroatoms. The number of amides is 1. The Kier molecular flexibility index (Phi) is 5.22. The molecular weight excluding hydrogens is 338 g/mol. The number of aromatic nitrogens is 2. The van der Waals surface area contributed by atoms with Gasteiger partial charge in [-0.15, -0.1) is 5.92 Å². The Balaban J connectivity index is 1.82. The summed E-state index contributed by atoms with van der Waals surface area (Å²) in [7, 11) is 0. The van der Waals surface area contributed by atoms with Gasteiger partial charge in [-0.2, -0.15) is 4.73 Å². The third-order valence-corrected chi connectivity index (χ3v) is 3.91. The third-order valence-electron chi connectivity index (χ3n) is 3.61. The Hall–Kier alpha value is -2.97. The molecular formula is C19H16ClN3O2. The number of halogens is 1. The zero-order chi connectivity index (χ0) is 17.6. The zero-order valence-electron chi connectivity index (χ0n) is 13.6. The van der Waals surface area contributed by atoms with Crippen molar-refractivity contribution in [1.29, 1.82) is 0 Å². The lowest BCUT2D eigenvalue weighted by Crippen LogP contribution is -2.15. The van der Waals surface area contributed by atoms with Gasteiger partial charge < -0.3 is 10.2 Å². The highest BCUT2D eigenvalue weighted by Crippen LogP contribution is 2.23. The van der Waals surface area contributed by atoms with Crippen LogP contribution in [-0.2, 0) is 11.2 Å². The van der Waals surface area contributed by atoms with Crippen LogP contribution in [0, 0.1) is 11.8 Å². The number of benzene rings is 1. The van der Waals surface area contributed by atoms with E-state index < -0.39 is 0 Å². The summed E-state index contributed by atoms with van der Waals surface area (Å²) in [5, 5.41) is 4.17. The molecule has 0 unspecified atom stereocenters. The summed E-state index contributed by atoms with van der Waals surface area (Å²) in [5.41, 5.74) is 2.30. The molecule has 0 spiro atoms. The van der Waals surface area contributed by atoms with E-state index in [1.165, 1.54) is 6.20 Å². The summed E-state index contributed by atoms with van der Waals surface area (Å²) in [6, 6.07) is 9.42. The van der Waals surface area contributed by atoms with Crippen LogP contribution in [0.1, 0.15) is 12.5 Å². The maximum atomic E-state index is 12.4. The standard InChI is InChI=1S/C19H16ClN3O2/c1-2-3-10-25-23-13-14(15-6-4-5-7-18(15)23)11-19(24)22-17-8-9-21-12-16(17)20/h4-9,12-13H,10-11H2,1H3,(H,21,22,24). The summed E-state index contributed by atoms with van der Waals surface area (Å²) >= 11 is 6.03. The van der Waals surface area contributed by atoms with Crippen molar-refractivity contribution in [2.24, 2.45) is 0 Å². The molecule has 1 aromatic carbocycles. The first-order chi connectivity index (χ1) is 12.2. The SMILES string of the molecule is CC#CCOn1cc(CC(=O)Nc2ccncc2Cl)c2ccccc21. The average molecular weight is 354 g/mol. The maximum absolute atomic E-state index is 12.4. The van der Waals surface area contributed by atoms with Gasteiger partial charge in [0.1, 0.15) is 0 Å². The quantitative estimate of drug-likeness (QED) is 0.716. The van der Waals surface area contributed by atoms with E-state index in [2.05, 4.69) is 22.1 Å². The Bertz CT molecular complexity index is 969. The van der Waals surface area contributed by atoms with E-state index in [-0.39, 0.29) is 18.9 Å². The number of nitrogens with zero attached hydrogens (tertiary/aromatic N) is 2. The summed E-state index contributed by atoms with van der Waals surface area (Å²) in [4.78, 5) is 21.9. The molecule has 3 rings (SSSR count). The molecule has 0 saturated heterocycles. The van der Waals surface area contributed by atoms with Crippen LogP contribution in [0.15, 0.2) is 48.9 Å². The van der Waals surface area contributed by atoms with Crippen molar-refractivity contribution >= 4 is 34.1 Å². The highest BCUT2D eigenvalue weighted by Gasteiger charge is 2.13. The van der Waals surface area contributed by atoms with Gasteiger partial charge in [-0.3, -0.25) is 9.78 Å². The molecule has 2 aromatic heterocycles. The van der Waals surface area contributed by atoms with Crippen LogP contribution in [0.5, 0.6) is 0 Å². The van der Waals surface area contributed by atoms with Crippen molar-refractivity contribution in [1.82, 2.24) is 9.71 Å². The second-order valence-electron chi connectivity index (χ2n) is 5.28. The summed E-state index contributed by atoms with van der Waals surface area (Å²) < 4.78 is 1.65. The average Bonchev–Trinajstić information content (AvgIpc) is 2.95. The number of pyridine rings is 1. The van der Waals surface area contributed by atoms with Crippen molar-refractivity contribution in [3.8, 4) is 11.8 Å².